The maximum absolute atomic E-state index is 14.1. The van der Waals surface area contributed by atoms with Gasteiger partial charge in [0, 0.05) is 5.02 Å². The molecule has 0 unspecified atom stereocenters. The standard InChI is InChI=1S/C20H18ClFN2O5S2/c1-13-7-9-15(30(25,26)23-17-5-3-4-6-19(17)29-2)12-18(13)24-31(27,28)20-10-8-14(21)11-16(20)22/h3-12,23-24H,1-2H3. The largest absolute Gasteiger partial charge is 0.495 e. The molecule has 0 aliphatic heterocycles. The summed E-state index contributed by atoms with van der Waals surface area (Å²) in [7, 11) is -7.00. The van der Waals surface area contributed by atoms with Crippen molar-refractivity contribution in [2.45, 2.75) is 16.7 Å². The highest BCUT2D eigenvalue weighted by atomic mass is 35.5. The molecule has 0 aromatic heterocycles. The second kappa shape index (κ2) is 8.74. The van der Waals surface area contributed by atoms with Crippen LogP contribution in [-0.4, -0.2) is 23.9 Å². The second-order valence-electron chi connectivity index (χ2n) is 6.46. The molecule has 3 aromatic rings. The van der Waals surface area contributed by atoms with E-state index in [-0.39, 0.29) is 21.3 Å². The zero-order valence-electron chi connectivity index (χ0n) is 16.4. The molecule has 0 spiro atoms. The van der Waals surface area contributed by atoms with E-state index in [9.17, 15) is 21.2 Å². The Morgan fingerprint density at radius 2 is 1.55 bits per heavy atom. The van der Waals surface area contributed by atoms with Crippen LogP contribution < -0.4 is 14.2 Å². The van der Waals surface area contributed by atoms with Crippen LogP contribution in [0, 0.1) is 12.7 Å². The average Bonchev–Trinajstić information content (AvgIpc) is 2.69. The fourth-order valence-electron chi connectivity index (χ4n) is 2.70. The summed E-state index contributed by atoms with van der Waals surface area (Å²) in [5, 5.41) is 0.0446. The topological polar surface area (TPSA) is 102 Å². The molecule has 0 fully saturated rings. The first-order chi connectivity index (χ1) is 14.5. The average molecular weight is 485 g/mol. The van der Waals surface area contributed by atoms with Crippen LogP contribution in [0.4, 0.5) is 15.8 Å². The first kappa shape index (κ1) is 22.9. The lowest BCUT2D eigenvalue weighted by molar-refractivity contribution is 0.417. The molecule has 0 amide bonds. The number of sulfonamides is 2. The maximum Gasteiger partial charge on any atom is 0.264 e. The number of hydrogen-bond acceptors (Lipinski definition) is 5. The van der Waals surface area contributed by atoms with E-state index in [1.165, 1.54) is 31.4 Å². The molecular formula is C20H18ClFN2O5S2. The van der Waals surface area contributed by atoms with Crippen molar-refractivity contribution in [2.24, 2.45) is 0 Å². The van der Waals surface area contributed by atoms with Crippen molar-refractivity contribution in [1.82, 2.24) is 0 Å². The second-order valence-corrected chi connectivity index (χ2v) is 10.2. The summed E-state index contributed by atoms with van der Waals surface area (Å²) < 4.78 is 74.9. The van der Waals surface area contributed by atoms with Crippen LogP contribution in [0.25, 0.3) is 0 Å². The Hall–Kier alpha value is -2.82. The Kier molecular flexibility index (Phi) is 6.44. The van der Waals surface area contributed by atoms with E-state index in [0.717, 1.165) is 18.2 Å². The van der Waals surface area contributed by atoms with Gasteiger partial charge in [-0.05, 0) is 55.0 Å². The van der Waals surface area contributed by atoms with Gasteiger partial charge in [0.15, 0.2) is 0 Å². The molecule has 0 bridgehead atoms. The van der Waals surface area contributed by atoms with Gasteiger partial charge in [-0.25, -0.2) is 21.2 Å². The van der Waals surface area contributed by atoms with E-state index in [1.54, 1.807) is 25.1 Å². The third kappa shape index (κ3) is 5.09. The van der Waals surface area contributed by atoms with Gasteiger partial charge in [0.25, 0.3) is 20.0 Å². The number of rotatable bonds is 7. The van der Waals surface area contributed by atoms with E-state index in [2.05, 4.69) is 9.44 Å². The molecule has 3 rings (SSSR count). The number of methoxy groups -OCH3 is 1. The van der Waals surface area contributed by atoms with E-state index in [0.29, 0.717) is 11.3 Å². The number of anilines is 2. The number of aryl methyl sites for hydroxylation is 1. The van der Waals surface area contributed by atoms with E-state index < -0.39 is 30.8 Å². The van der Waals surface area contributed by atoms with Crippen LogP contribution in [0.1, 0.15) is 5.56 Å². The quantitative estimate of drug-likeness (QED) is 0.517. The minimum Gasteiger partial charge on any atom is -0.495 e. The Morgan fingerprint density at radius 3 is 2.23 bits per heavy atom. The van der Waals surface area contributed by atoms with Crippen molar-refractivity contribution in [2.75, 3.05) is 16.6 Å². The summed E-state index contributed by atoms with van der Waals surface area (Å²) in [5.74, 6) is -0.711. The lowest BCUT2D eigenvalue weighted by Crippen LogP contribution is -2.17. The molecule has 7 nitrogen and oxygen atoms in total. The fraction of sp³-hybridized carbons (Fsp3) is 0.100. The number of ether oxygens (including phenoxy) is 1. The molecule has 0 atom stereocenters. The zero-order valence-corrected chi connectivity index (χ0v) is 18.8. The van der Waals surface area contributed by atoms with Crippen LogP contribution in [0.2, 0.25) is 5.02 Å². The highest BCUT2D eigenvalue weighted by Crippen LogP contribution is 2.29. The van der Waals surface area contributed by atoms with Gasteiger partial charge in [-0.15, -0.1) is 0 Å². The number of hydrogen-bond donors (Lipinski definition) is 2. The number of para-hydroxylation sites is 2. The highest BCUT2D eigenvalue weighted by molar-refractivity contribution is 7.93. The van der Waals surface area contributed by atoms with Crippen LogP contribution in [0.15, 0.2) is 70.5 Å². The SMILES string of the molecule is COc1ccccc1NS(=O)(=O)c1ccc(C)c(NS(=O)(=O)c2ccc(Cl)cc2F)c1. The summed E-state index contributed by atoms with van der Waals surface area (Å²) in [5.41, 5.74) is 0.641. The zero-order chi connectivity index (χ0) is 22.8. The number of benzene rings is 3. The monoisotopic (exact) mass is 484 g/mol. The molecule has 0 radical (unpaired) electrons. The summed E-state index contributed by atoms with van der Waals surface area (Å²) in [6.45, 7) is 1.58. The third-order valence-corrected chi connectivity index (χ3v) is 7.30. The van der Waals surface area contributed by atoms with Gasteiger partial charge >= 0.3 is 0 Å². The summed E-state index contributed by atoms with van der Waals surface area (Å²) in [6, 6.07) is 13.5. The lowest BCUT2D eigenvalue weighted by Gasteiger charge is -2.15. The summed E-state index contributed by atoms with van der Waals surface area (Å²) in [6.07, 6.45) is 0. The smallest absolute Gasteiger partial charge is 0.264 e. The van der Waals surface area contributed by atoms with Gasteiger partial charge in [0.2, 0.25) is 0 Å². The molecule has 164 valence electrons. The Labute approximate surface area is 184 Å². The van der Waals surface area contributed by atoms with Gasteiger partial charge in [0.1, 0.15) is 16.5 Å². The molecule has 31 heavy (non-hydrogen) atoms. The van der Waals surface area contributed by atoms with Crippen molar-refractivity contribution in [1.29, 1.82) is 0 Å². The predicted octanol–water partition coefficient (Wildman–Crippen LogP) is 4.40. The molecule has 0 heterocycles. The Bertz CT molecular complexity index is 1350. The van der Waals surface area contributed by atoms with E-state index in [4.69, 9.17) is 16.3 Å². The van der Waals surface area contributed by atoms with Gasteiger partial charge in [-0.2, -0.15) is 0 Å². The highest BCUT2D eigenvalue weighted by Gasteiger charge is 2.22. The molecule has 3 aromatic carbocycles. The Morgan fingerprint density at radius 1 is 0.871 bits per heavy atom. The van der Waals surface area contributed by atoms with Crippen LogP contribution in [-0.2, 0) is 20.0 Å². The van der Waals surface area contributed by atoms with Crippen molar-refractivity contribution < 1.29 is 26.0 Å². The van der Waals surface area contributed by atoms with Crippen molar-refractivity contribution in [3.63, 3.8) is 0 Å². The molecular weight excluding hydrogens is 467 g/mol. The first-order valence-electron chi connectivity index (χ1n) is 8.78. The number of nitrogens with one attached hydrogen (secondary N) is 2. The Balaban J connectivity index is 1.96. The van der Waals surface area contributed by atoms with Gasteiger partial charge in [-0.1, -0.05) is 29.8 Å². The van der Waals surface area contributed by atoms with Gasteiger partial charge in [0.05, 0.1) is 23.4 Å². The minimum absolute atomic E-state index is 0.0164. The molecule has 0 saturated carbocycles. The molecule has 0 aliphatic carbocycles. The molecule has 0 aliphatic rings. The summed E-state index contributed by atoms with van der Waals surface area (Å²) in [4.78, 5) is -0.810. The number of halogens is 2. The van der Waals surface area contributed by atoms with Crippen LogP contribution in [0.5, 0.6) is 5.75 Å². The van der Waals surface area contributed by atoms with Crippen LogP contribution >= 0.6 is 11.6 Å². The fourth-order valence-corrected chi connectivity index (χ4v) is 5.14. The van der Waals surface area contributed by atoms with Crippen molar-refractivity contribution in [3.8, 4) is 5.75 Å². The maximum atomic E-state index is 14.1. The van der Waals surface area contributed by atoms with Crippen molar-refractivity contribution in [3.05, 3.63) is 77.1 Å². The van der Waals surface area contributed by atoms with Crippen LogP contribution in [0.3, 0.4) is 0 Å². The van der Waals surface area contributed by atoms with Crippen molar-refractivity contribution >= 4 is 43.0 Å². The van der Waals surface area contributed by atoms with Gasteiger partial charge < -0.3 is 4.74 Å². The van der Waals surface area contributed by atoms with Gasteiger partial charge in [-0.3, -0.25) is 9.44 Å². The summed E-state index contributed by atoms with van der Waals surface area (Å²) >= 11 is 5.67. The van der Waals surface area contributed by atoms with E-state index in [1.807, 2.05) is 0 Å². The third-order valence-electron chi connectivity index (χ3n) is 4.30. The normalized spacial score (nSPS) is 11.7. The predicted molar refractivity (Wildman–Crippen MR) is 117 cm³/mol. The molecule has 11 heteroatoms. The molecule has 0 saturated heterocycles. The molecule has 2 N–H and O–H groups in total. The first-order valence-corrected chi connectivity index (χ1v) is 12.1. The van der Waals surface area contributed by atoms with E-state index >= 15 is 0 Å². The lowest BCUT2D eigenvalue weighted by atomic mass is 10.2. The minimum atomic E-state index is -4.33.